The van der Waals surface area contributed by atoms with Gasteiger partial charge >= 0.3 is 0 Å². The first-order valence-corrected chi connectivity index (χ1v) is 6.75. The second-order valence-electron chi connectivity index (χ2n) is 5.36. The van der Waals surface area contributed by atoms with Crippen LogP contribution in [0.5, 0.6) is 0 Å². The summed E-state index contributed by atoms with van der Waals surface area (Å²) >= 11 is 0. The predicted molar refractivity (Wildman–Crippen MR) is 72.9 cm³/mol. The van der Waals surface area contributed by atoms with Crippen LogP contribution in [0.15, 0.2) is 35.5 Å². The first-order valence-electron chi connectivity index (χ1n) is 6.75. The smallest absolute Gasteiger partial charge is 0.219 e. The largest absolute Gasteiger partial charge is 0.388 e. The minimum Gasteiger partial charge on any atom is -0.388 e. The van der Waals surface area contributed by atoms with Gasteiger partial charge in [0, 0.05) is 39.3 Å². The maximum absolute atomic E-state index is 11.3. The van der Waals surface area contributed by atoms with E-state index in [4.69, 9.17) is 4.84 Å². The minimum atomic E-state index is -0.183. The molecule has 1 aromatic rings. The van der Waals surface area contributed by atoms with Gasteiger partial charge in [0.15, 0.2) is 0 Å². The number of amides is 1. The van der Waals surface area contributed by atoms with Gasteiger partial charge in [0.1, 0.15) is 5.60 Å². The maximum Gasteiger partial charge on any atom is 0.219 e. The van der Waals surface area contributed by atoms with Crippen molar-refractivity contribution in [3.63, 3.8) is 0 Å². The quantitative estimate of drug-likeness (QED) is 0.775. The Hall–Kier alpha value is -1.84. The number of rotatable bonds is 1. The molecule has 0 aliphatic carbocycles. The van der Waals surface area contributed by atoms with Crippen LogP contribution in [-0.2, 0) is 9.63 Å². The summed E-state index contributed by atoms with van der Waals surface area (Å²) in [5.41, 5.74) is 1.97. The van der Waals surface area contributed by atoms with E-state index in [9.17, 15) is 4.79 Å². The van der Waals surface area contributed by atoms with Gasteiger partial charge in [0.05, 0.1) is 5.71 Å². The molecule has 1 fully saturated rings. The molecule has 0 unspecified atom stereocenters. The Kier molecular flexibility index (Phi) is 3.01. The van der Waals surface area contributed by atoms with Crippen LogP contribution in [-0.4, -0.2) is 35.2 Å². The van der Waals surface area contributed by atoms with Gasteiger partial charge in [0.2, 0.25) is 5.91 Å². The SMILES string of the molecule is CC(=O)N1CCC2(CC1)CC(c1ccccc1)=NO2. The molecule has 2 aliphatic heterocycles. The molecule has 4 nitrogen and oxygen atoms in total. The molecule has 0 radical (unpaired) electrons. The first-order chi connectivity index (χ1) is 9.19. The number of nitrogens with zero attached hydrogens (tertiary/aromatic N) is 2. The molecular formula is C15H18N2O2. The van der Waals surface area contributed by atoms with Gasteiger partial charge in [-0.05, 0) is 5.56 Å². The van der Waals surface area contributed by atoms with Gasteiger partial charge in [-0.25, -0.2) is 0 Å². The summed E-state index contributed by atoms with van der Waals surface area (Å²) in [5.74, 6) is 0.150. The molecule has 0 saturated carbocycles. The normalized spacial score (nSPS) is 21.1. The van der Waals surface area contributed by atoms with Crippen molar-refractivity contribution in [2.45, 2.75) is 31.8 Å². The van der Waals surface area contributed by atoms with Crippen LogP contribution in [0.2, 0.25) is 0 Å². The van der Waals surface area contributed by atoms with Gasteiger partial charge in [-0.3, -0.25) is 4.79 Å². The molecule has 19 heavy (non-hydrogen) atoms. The Balaban J connectivity index is 1.67. The summed E-state index contributed by atoms with van der Waals surface area (Å²) in [6.45, 7) is 3.17. The molecule has 0 N–H and O–H groups in total. The van der Waals surface area contributed by atoms with E-state index in [-0.39, 0.29) is 11.5 Å². The molecule has 1 spiro atoms. The van der Waals surface area contributed by atoms with Crippen LogP contribution in [0.3, 0.4) is 0 Å². The van der Waals surface area contributed by atoms with Crippen LogP contribution in [0.25, 0.3) is 0 Å². The highest BCUT2D eigenvalue weighted by molar-refractivity contribution is 6.01. The van der Waals surface area contributed by atoms with Crippen molar-refractivity contribution in [3.05, 3.63) is 35.9 Å². The molecule has 0 atom stereocenters. The number of hydrogen-bond donors (Lipinski definition) is 0. The molecule has 1 aromatic carbocycles. The summed E-state index contributed by atoms with van der Waals surface area (Å²) in [7, 11) is 0. The molecule has 0 aromatic heterocycles. The Morgan fingerprint density at radius 3 is 2.58 bits per heavy atom. The molecule has 1 saturated heterocycles. The minimum absolute atomic E-state index is 0.150. The van der Waals surface area contributed by atoms with Gasteiger partial charge in [-0.2, -0.15) is 0 Å². The number of piperidine rings is 1. The molecule has 100 valence electrons. The fourth-order valence-electron chi connectivity index (χ4n) is 2.80. The molecule has 1 amide bonds. The van der Waals surface area contributed by atoms with Crippen molar-refractivity contribution in [2.75, 3.05) is 13.1 Å². The zero-order chi connectivity index (χ0) is 13.3. The van der Waals surface area contributed by atoms with Crippen LogP contribution in [0.1, 0.15) is 31.7 Å². The van der Waals surface area contributed by atoms with Crippen molar-refractivity contribution >= 4 is 11.6 Å². The van der Waals surface area contributed by atoms with E-state index in [1.165, 1.54) is 0 Å². The van der Waals surface area contributed by atoms with E-state index in [2.05, 4.69) is 17.3 Å². The van der Waals surface area contributed by atoms with Crippen LogP contribution in [0.4, 0.5) is 0 Å². The van der Waals surface area contributed by atoms with E-state index >= 15 is 0 Å². The summed E-state index contributed by atoms with van der Waals surface area (Å²) in [4.78, 5) is 19.0. The number of likely N-dealkylation sites (tertiary alicyclic amines) is 1. The fourth-order valence-corrected chi connectivity index (χ4v) is 2.80. The van der Waals surface area contributed by atoms with Gasteiger partial charge in [-0.15, -0.1) is 0 Å². The number of carbonyl (C=O) groups excluding carboxylic acids is 1. The maximum atomic E-state index is 11.3. The topological polar surface area (TPSA) is 41.9 Å². The Morgan fingerprint density at radius 1 is 1.26 bits per heavy atom. The first kappa shape index (κ1) is 12.2. The number of hydrogen-bond acceptors (Lipinski definition) is 3. The molecule has 2 heterocycles. The zero-order valence-electron chi connectivity index (χ0n) is 11.1. The highest BCUT2D eigenvalue weighted by Gasteiger charge is 2.42. The van der Waals surface area contributed by atoms with Crippen molar-refractivity contribution in [2.24, 2.45) is 5.16 Å². The summed E-state index contributed by atoms with van der Waals surface area (Å²) in [6.07, 6.45) is 2.58. The summed E-state index contributed by atoms with van der Waals surface area (Å²) < 4.78 is 0. The molecular weight excluding hydrogens is 240 g/mol. The average molecular weight is 258 g/mol. The lowest BCUT2D eigenvalue weighted by Gasteiger charge is -2.36. The Morgan fingerprint density at radius 2 is 1.95 bits per heavy atom. The lowest BCUT2D eigenvalue weighted by Crippen LogP contribution is -2.46. The van der Waals surface area contributed by atoms with Crippen molar-refractivity contribution in [3.8, 4) is 0 Å². The van der Waals surface area contributed by atoms with Crippen LogP contribution in [0, 0.1) is 0 Å². The highest BCUT2D eigenvalue weighted by Crippen LogP contribution is 2.36. The molecule has 0 bridgehead atoms. The van der Waals surface area contributed by atoms with E-state index in [0.29, 0.717) is 0 Å². The van der Waals surface area contributed by atoms with Crippen LogP contribution < -0.4 is 0 Å². The number of oxime groups is 1. The number of carbonyl (C=O) groups is 1. The third kappa shape index (κ3) is 2.35. The lowest BCUT2D eigenvalue weighted by molar-refractivity contribution is -0.134. The molecule has 2 aliphatic rings. The van der Waals surface area contributed by atoms with Gasteiger partial charge in [0.25, 0.3) is 0 Å². The molecule has 4 heteroatoms. The third-order valence-electron chi connectivity index (χ3n) is 4.07. The molecule has 3 rings (SSSR count). The summed E-state index contributed by atoms with van der Waals surface area (Å²) in [6, 6.07) is 10.2. The van der Waals surface area contributed by atoms with E-state index in [1.54, 1.807) is 6.92 Å². The van der Waals surface area contributed by atoms with E-state index in [0.717, 1.165) is 43.6 Å². The fraction of sp³-hybridized carbons (Fsp3) is 0.467. The summed E-state index contributed by atoms with van der Waals surface area (Å²) in [5, 5.41) is 4.27. The van der Waals surface area contributed by atoms with Crippen molar-refractivity contribution in [1.29, 1.82) is 0 Å². The van der Waals surface area contributed by atoms with Crippen molar-refractivity contribution in [1.82, 2.24) is 4.90 Å². The standard InChI is InChI=1S/C15H18N2O2/c1-12(18)17-9-7-15(8-10-17)11-14(16-19-15)13-5-3-2-4-6-13/h2-6H,7-11H2,1H3. The lowest BCUT2D eigenvalue weighted by atomic mass is 9.85. The monoisotopic (exact) mass is 258 g/mol. The van der Waals surface area contributed by atoms with E-state index < -0.39 is 0 Å². The van der Waals surface area contributed by atoms with Crippen LogP contribution >= 0.6 is 0 Å². The third-order valence-corrected chi connectivity index (χ3v) is 4.07. The highest BCUT2D eigenvalue weighted by atomic mass is 16.7. The zero-order valence-corrected chi connectivity index (χ0v) is 11.1. The van der Waals surface area contributed by atoms with E-state index in [1.807, 2.05) is 23.1 Å². The predicted octanol–water partition coefficient (Wildman–Crippen LogP) is 2.19. The Bertz CT molecular complexity index is 502. The van der Waals surface area contributed by atoms with Gasteiger partial charge < -0.3 is 9.74 Å². The second-order valence-corrected chi connectivity index (χ2v) is 5.36. The average Bonchev–Trinajstić information content (AvgIpc) is 2.84. The Labute approximate surface area is 113 Å². The second kappa shape index (κ2) is 4.68. The van der Waals surface area contributed by atoms with Gasteiger partial charge in [-0.1, -0.05) is 35.5 Å². The number of benzene rings is 1. The van der Waals surface area contributed by atoms with Crippen molar-refractivity contribution < 1.29 is 9.63 Å².